The molecule has 7 heteroatoms. The second-order valence-electron chi connectivity index (χ2n) is 5.84. The van der Waals surface area contributed by atoms with E-state index in [0.29, 0.717) is 18.1 Å². The van der Waals surface area contributed by atoms with Crippen molar-refractivity contribution in [2.24, 2.45) is 7.05 Å². The first kappa shape index (κ1) is 15.4. The third kappa shape index (κ3) is 4.78. The third-order valence-corrected chi connectivity index (χ3v) is 2.74. The average Bonchev–Trinajstić information content (AvgIpc) is 2.80. The predicted molar refractivity (Wildman–Crippen MR) is 76.1 cm³/mol. The first-order chi connectivity index (χ1) is 9.83. The topological polar surface area (TPSA) is 64.9 Å². The van der Waals surface area contributed by atoms with Gasteiger partial charge in [0.15, 0.2) is 6.61 Å². The fourth-order valence-corrected chi connectivity index (χ4v) is 1.71. The molecule has 1 heterocycles. The molecule has 2 rings (SSSR count). The van der Waals surface area contributed by atoms with E-state index >= 15 is 0 Å². The maximum absolute atomic E-state index is 13.4. The van der Waals surface area contributed by atoms with Crippen LogP contribution in [0.4, 0.5) is 4.39 Å². The minimum absolute atomic E-state index is 0.0595. The fourth-order valence-electron chi connectivity index (χ4n) is 1.71. The Labute approximate surface area is 123 Å². The molecule has 6 nitrogen and oxygen atoms in total. The van der Waals surface area contributed by atoms with Crippen LogP contribution in [0.1, 0.15) is 32.2 Å². The molecule has 0 saturated carbocycles. The molecule has 0 bridgehead atoms. The zero-order valence-electron chi connectivity index (χ0n) is 12.7. The molecule has 0 aliphatic rings. The van der Waals surface area contributed by atoms with Gasteiger partial charge < -0.3 is 10.1 Å². The van der Waals surface area contributed by atoms with E-state index in [9.17, 15) is 4.39 Å². The lowest BCUT2D eigenvalue weighted by Gasteiger charge is -2.21. The molecule has 21 heavy (non-hydrogen) atoms. The average molecular weight is 293 g/mol. The van der Waals surface area contributed by atoms with E-state index in [0.717, 1.165) is 5.56 Å². The summed E-state index contributed by atoms with van der Waals surface area (Å²) in [5, 5.41) is 14.9. The Morgan fingerprint density at radius 2 is 2.10 bits per heavy atom. The Bertz CT molecular complexity index is 606. The zero-order valence-corrected chi connectivity index (χ0v) is 12.7. The van der Waals surface area contributed by atoms with E-state index in [1.165, 1.54) is 16.9 Å². The molecule has 0 unspecified atom stereocenters. The SMILES string of the molecule is Cn1nnc(COc2ccc(F)cc2CNC(C)(C)C)n1. The molecule has 0 amide bonds. The van der Waals surface area contributed by atoms with Gasteiger partial charge in [0.2, 0.25) is 5.82 Å². The van der Waals surface area contributed by atoms with Gasteiger partial charge >= 0.3 is 0 Å². The van der Waals surface area contributed by atoms with Crippen molar-refractivity contribution in [2.75, 3.05) is 0 Å². The van der Waals surface area contributed by atoms with E-state index < -0.39 is 0 Å². The first-order valence-corrected chi connectivity index (χ1v) is 6.72. The minimum Gasteiger partial charge on any atom is -0.485 e. The van der Waals surface area contributed by atoms with Gasteiger partial charge in [-0.1, -0.05) is 0 Å². The summed E-state index contributed by atoms with van der Waals surface area (Å²) in [6.45, 7) is 6.87. The molecule has 1 N–H and O–H groups in total. The van der Waals surface area contributed by atoms with E-state index in [2.05, 4.69) is 41.5 Å². The molecule has 0 fully saturated rings. The summed E-state index contributed by atoms with van der Waals surface area (Å²) < 4.78 is 19.1. The smallest absolute Gasteiger partial charge is 0.212 e. The quantitative estimate of drug-likeness (QED) is 0.911. The molecule has 0 aliphatic carbocycles. The molecule has 114 valence electrons. The molecule has 0 spiro atoms. The normalized spacial score (nSPS) is 11.7. The zero-order chi connectivity index (χ0) is 15.5. The number of halogens is 1. The Hall–Kier alpha value is -2.02. The first-order valence-electron chi connectivity index (χ1n) is 6.72. The van der Waals surface area contributed by atoms with Crippen molar-refractivity contribution in [1.29, 1.82) is 0 Å². The number of nitrogens with zero attached hydrogens (tertiary/aromatic N) is 4. The number of ether oxygens (including phenoxy) is 1. The molecule has 2 aromatic rings. The van der Waals surface area contributed by atoms with Crippen molar-refractivity contribution >= 4 is 0 Å². The number of hydrogen-bond donors (Lipinski definition) is 1. The third-order valence-electron chi connectivity index (χ3n) is 2.74. The maximum Gasteiger partial charge on any atom is 0.212 e. The maximum atomic E-state index is 13.4. The summed E-state index contributed by atoms with van der Waals surface area (Å²) >= 11 is 0. The monoisotopic (exact) mass is 293 g/mol. The summed E-state index contributed by atoms with van der Waals surface area (Å²) in [5.41, 5.74) is 0.699. The summed E-state index contributed by atoms with van der Waals surface area (Å²) in [6.07, 6.45) is 0. The van der Waals surface area contributed by atoms with Gasteiger partial charge in [0.25, 0.3) is 0 Å². The fraction of sp³-hybridized carbons (Fsp3) is 0.500. The second kappa shape index (κ2) is 6.17. The van der Waals surface area contributed by atoms with Gasteiger partial charge in [0, 0.05) is 17.6 Å². The van der Waals surface area contributed by atoms with Crippen molar-refractivity contribution < 1.29 is 9.13 Å². The minimum atomic E-state index is -0.286. The van der Waals surface area contributed by atoms with Crippen LogP contribution in [0.5, 0.6) is 5.75 Å². The van der Waals surface area contributed by atoms with E-state index in [-0.39, 0.29) is 18.0 Å². The van der Waals surface area contributed by atoms with Crippen LogP contribution >= 0.6 is 0 Å². The van der Waals surface area contributed by atoms with Gasteiger partial charge in [-0.2, -0.15) is 4.80 Å². The lowest BCUT2D eigenvalue weighted by molar-refractivity contribution is 0.289. The molecular formula is C14H20FN5O. The summed E-state index contributed by atoms with van der Waals surface area (Å²) in [7, 11) is 1.69. The molecule has 1 aromatic heterocycles. The molecule has 1 aromatic carbocycles. The molecule has 0 saturated heterocycles. The Kier molecular flexibility index (Phi) is 4.52. The number of nitrogens with one attached hydrogen (secondary N) is 1. The predicted octanol–water partition coefficient (Wildman–Crippen LogP) is 1.82. The van der Waals surface area contributed by atoms with Crippen LogP contribution in [0.15, 0.2) is 18.2 Å². The number of rotatable bonds is 5. The Morgan fingerprint density at radius 1 is 1.33 bits per heavy atom. The lowest BCUT2D eigenvalue weighted by atomic mass is 10.1. The highest BCUT2D eigenvalue weighted by Crippen LogP contribution is 2.21. The van der Waals surface area contributed by atoms with Crippen molar-refractivity contribution in [3.8, 4) is 5.75 Å². The van der Waals surface area contributed by atoms with Gasteiger partial charge in [0.05, 0.1) is 7.05 Å². The Balaban J connectivity index is 2.07. The highest BCUT2D eigenvalue weighted by atomic mass is 19.1. The van der Waals surface area contributed by atoms with Crippen LogP contribution in [0.25, 0.3) is 0 Å². The van der Waals surface area contributed by atoms with Gasteiger partial charge in [-0.3, -0.25) is 0 Å². The van der Waals surface area contributed by atoms with Crippen molar-refractivity contribution in [3.05, 3.63) is 35.4 Å². The number of tetrazole rings is 1. The van der Waals surface area contributed by atoms with Gasteiger partial charge in [0.1, 0.15) is 11.6 Å². The highest BCUT2D eigenvalue weighted by molar-refractivity contribution is 5.34. The number of hydrogen-bond acceptors (Lipinski definition) is 5. The van der Waals surface area contributed by atoms with E-state index in [1.807, 2.05) is 0 Å². The van der Waals surface area contributed by atoms with Crippen LogP contribution in [-0.2, 0) is 20.2 Å². The van der Waals surface area contributed by atoms with Crippen LogP contribution in [-0.4, -0.2) is 25.7 Å². The number of aryl methyl sites for hydroxylation is 1. The molecular weight excluding hydrogens is 273 g/mol. The largest absolute Gasteiger partial charge is 0.485 e. The summed E-state index contributed by atoms with van der Waals surface area (Å²) in [4.78, 5) is 1.37. The summed E-state index contributed by atoms with van der Waals surface area (Å²) in [5.74, 6) is 0.808. The van der Waals surface area contributed by atoms with Gasteiger partial charge in [-0.05, 0) is 44.2 Å². The van der Waals surface area contributed by atoms with Gasteiger partial charge in [-0.25, -0.2) is 4.39 Å². The molecule has 0 aliphatic heterocycles. The highest BCUT2D eigenvalue weighted by Gasteiger charge is 2.12. The van der Waals surface area contributed by atoms with Crippen molar-refractivity contribution in [1.82, 2.24) is 25.5 Å². The lowest BCUT2D eigenvalue weighted by Crippen LogP contribution is -2.35. The van der Waals surface area contributed by atoms with Crippen LogP contribution in [0, 0.1) is 5.82 Å². The standard InChI is InChI=1S/C14H20FN5O/c1-14(2,3)16-8-10-7-11(15)5-6-12(10)21-9-13-17-19-20(4)18-13/h5-7,16H,8-9H2,1-4H3. The molecule has 0 atom stereocenters. The molecule has 0 radical (unpaired) electrons. The van der Waals surface area contributed by atoms with Gasteiger partial charge in [-0.15, -0.1) is 10.2 Å². The second-order valence-corrected chi connectivity index (χ2v) is 5.84. The number of benzene rings is 1. The van der Waals surface area contributed by atoms with Crippen LogP contribution < -0.4 is 10.1 Å². The van der Waals surface area contributed by atoms with Crippen LogP contribution in [0.2, 0.25) is 0 Å². The summed E-state index contributed by atoms with van der Waals surface area (Å²) in [6, 6.07) is 4.46. The van der Waals surface area contributed by atoms with Crippen molar-refractivity contribution in [3.63, 3.8) is 0 Å². The van der Waals surface area contributed by atoms with E-state index in [1.54, 1.807) is 13.1 Å². The Morgan fingerprint density at radius 3 is 2.71 bits per heavy atom. The number of aromatic nitrogens is 4. The van der Waals surface area contributed by atoms with Crippen molar-refractivity contribution in [2.45, 2.75) is 39.5 Å². The van der Waals surface area contributed by atoms with Crippen LogP contribution in [0.3, 0.4) is 0 Å². The van der Waals surface area contributed by atoms with E-state index in [4.69, 9.17) is 4.74 Å².